The molecule has 0 saturated carbocycles. The van der Waals surface area contributed by atoms with Crippen molar-refractivity contribution >= 4 is 24.8 Å². The van der Waals surface area contributed by atoms with Crippen LogP contribution in [0.2, 0.25) is 0 Å². The van der Waals surface area contributed by atoms with Crippen LogP contribution in [0.5, 0.6) is 0 Å². The molecule has 0 spiro atoms. The molecule has 2 saturated heterocycles. The summed E-state index contributed by atoms with van der Waals surface area (Å²) < 4.78 is 0. The number of nitrogens with one attached hydrogen (secondary N) is 1. The van der Waals surface area contributed by atoms with Crippen molar-refractivity contribution in [3.05, 3.63) is 0 Å². The zero-order chi connectivity index (χ0) is 6.27. The van der Waals surface area contributed by atoms with E-state index in [1.165, 1.54) is 26.2 Å². The topological polar surface area (TPSA) is 15.3 Å². The van der Waals surface area contributed by atoms with E-state index in [4.69, 9.17) is 0 Å². The first-order chi connectivity index (χ1) is 4.36. The molecule has 1 N–H and O–H groups in total. The van der Waals surface area contributed by atoms with Crippen molar-refractivity contribution in [2.45, 2.75) is 0 Å². The van der Waals surface area contributed by atoms with Crippen molar-refractivity contribution in [3.63, 3.8) is 0 Å². The fourth-order valence-electron chi connectivity index (χ4n) is 2.09. The van der Waals surface area contributed by atoms with Gasteiger partial charge in [0.2, 0.25) is 0 Å². The predicted molar refractivity (Wildman–Crippen MR) is 51.8 cm³/mol. The van der Waals surface area contributed by atoms with Gasteiger partial charge in [-0.25, -0.2) is 0 Å². The molecule has 0 bridgehead atoms. The summed E-state index contributed by atoms with van der Waals surface area (Å²) in [7, 11) is 2.22. The summed E-state index contributed by atoms with van der Waals surface area (Å²) in [5, 5.41) is 3.42. The Labute approximate surface area is 80.5 Å². The number of likely N-dealkylation sites (tertiary alicyclic amines) is 1. The van der Waals surface area contributed by atoms with Gasteiger partial charge in [0.25, 0.3) is 0 Å². The molecular formula is C7H16Cl2N2. The van der Waals surface area contributed by atoms with Gasteiger partial charge in [0.05, 0.1) is 0 Å². The maximum atomic E-state index is 3.42. The molecule has 2 atom stereocenters. The van der Waals surface area contributed by atoms with Gasteiger partial charge in [-0.3, -0.25) is 0 Å². The van der Waals surface area contributed by atoms with Gasteiger partial charge in [-0.05, 0) is 32.0 Å². The Hall–Kier alpha value is 0.500. The maximum absolute atomic E-state index is 3.42. The lowest BCUT2D eigenvalue weighted by atomic mass is 10.0. The Balaban J connectivity index is 0.000000500. The van der Waals surface area contributed by atoms with E-state index in [0.717, 1.165) is 11.8 Å². The van der Waals surface area contributed by atoms with E-state index in [-0.39, 0.29) is 24.8 Å². The van der Waals surface area contributed by atoms with Gasteiger partial charge < -0.3 is 10.2 Å². The van der Waals surface area contributed by atoms with Gasteiger partial charge in [-0.2, -0.15) is 0 Å². The Morgan fingerprint density at radius 3 is 2.00 bits per heavy atom. The van der Waals surface area contributed by atoms with Crippen LogP contribution in [0.1, 0.15) is 0 Å². The summed E-state index contributed by atoms with van der Waals surface area (Å²) in [5.41, 5.74) is 0. The van der Waals surface area contributed by atoms with Gasteiger partial charge >= 0.3 is 0 Å². The van der Waals surface area contributed by atoms with Crippen LogP contribution in [0, 0.1) is 11.8 Å². The Morgan fingerprint density at radius 2 is 1.55 bits per heavy atom. The highest BCUT2D eigenvalue weighted by Gasteiger charge is 2.33. The average molecular weight is 199 g/mol. The summed E-state index contributed by atoms with van der Waals surface area (Å²) in [6.07, 6.45) is 0. The van der Waals surface area contributed by atoms with Crippen LogP contribution in [-0.2, 0) is 0 Å². The highest BCUT2D eigenvalue weighted by Crippen LogP contribution is 2.24. The first-order valence-corrected chi connectivity index (χ1v) is 3.75. The van der Waals surface area contributed by atoms with Crippen LogP contribution >= 0.6 is 24.8 Å². The van der Waals surface area contributed by atoms with E-state index in [9.17, 15) is 0 Å². The minimum absolute atomic E-state index is 0. The van der Waals surface area contributed by atoms with Gasteiger partial charge in [0.15, 0.2) is 0 Å². The third kappa shape index (κ3) is 2.22. The minimum atomic E-state index is 0. The molecule has 68 valence electrons. The molecule has 0 unspecified atom stereocenters. The lowest BCUT2D eigenvalue weighted by Gasteiger charge is -2.07. The van der Waals surface area contributed by atoms with Crippen LogP contribution in [0.25, 0.3) is 0 Å². The fraction of sp³-hybridized carbons (Fsp3) is 1.00. The molecule has 0 radical (unpaired) electrons. The molecule has 2 rings (SSSR count). The molecule has 2 aliphatic rings. The predicted octanol–water partition coefficient (Wildman–Crippen LogP) is 0.611. The van der Waals surface area contributed by atoms with E-state index in [0.29, 0.717) is 0 Å². The number of rotatable bonds is 0. The summed E-state index contributed by atoms with van der Waals surface area (Å²) >= 11 is 0. The van der Waals surface area contributed by atoms with Crippen LogP contribution in [0.4, 0.5) is 0 Å². The van der Waals surface area contributed by atoms with Crippen LogP contribution in [0.15, 0.2) is 0 Å². The molecule has 0 aromatic carbocycles. The van der Waals surface area contributed by atoms with Crippen molar-refractivity contribution < 1.29 is 0 Å². The highest BCUT2D eigenvalue weighted by molar-refractivity contribution is 5.85. The zero-order valence-electron chi connectivity index (χ0n) is 6.75. The average Bonchev–Trinajstić information content (AvgIpc) is 2.22. The Bertz CT molecular complexity index is 109. The quantitative estimate of drug-likeness (QED) is 0.615. The summed E-state index contributed by atoms with van der Waals surface area (Å²) in [4.78, 5) is 2.44. The van der Waals surface area contributed by atoms with Crippen LogP contribution < -0.4 is 5.32 Å². The van der Waals surface area contributed by atoms with Gasteiger partial charge in [-0.1, -0.05) is 0 Å². The monoisotopic (exact) mass is 198 g/mol. The molecule has 0 aliphatic carbocycles. The van der Waals surface area contributed by atoms with Crippen molar-refractivity contribution in [3.8, 4) is 0 Å². The lowest BCUT2D eigenvalue weighted by Crippen LogP contribution is -2.21. The molecule has 11 heavy (non-hydrogen) atoms. The highest BCUT2D eigenvalue weighted by atomic mass is 35.5. The second-order valence-corrected chi connectivity index (χ2v) is 3.40. The smallest absolute Gasteiger partial charge is 0.00225 e. The molecule has 4 heteroatoms. The number of halogens is 2. The molecule has 0 amide bonds. The van der Waals surface area contributed by atoms with E-state index < -0.39 is 0 Å². The SMILES string of the molecule is CN1C[C@H]2CNC[C@@H]2C1.Cl.Cl. The minimum Gasteiger partial charge on any atom is -0.316 e. The van der Waals surface area contributed by atoms with E-state index >= 15 is 0 Å². The van der Waals surface area contributed by atoms with E-state index in [1.807, 2.05) is 0 Å². The van der Waals surface area contributed by atoms with Crippen LogP contribution in [-0.4, -0.2) is 38.1 Å². The Morgan fingerprint density at radius 1 is 1.09 bits per heavy atom. The summed E-state index contributed by atoms with van der Waals surface area (Å²) in [6, 6.07) is 0. The molecular weight excluding hydrogens is 183 g/mol. The first-order valence-electron chi connectivity index (χ1n) is 3.75. The molecule has 2 aliphatic heterocycles. The summed E-state index contributed by atoms with van der Waals surface area (Å²) in [6.45, 7) is 5.15. The van der Waals surface area contributed by atoms with Gasteiger partial charge in [0.1, 0.15) is 0 Å². The zero-order valence-corrected chi connectivity index (χ0v) is 8.38. The second-order valence-electron chi connectivity index (χ2n) is 3.40. The lowest BCUT2D eigenvalue weighted by molar-refractivity contribution is 0.382. The molecule has 2 heterocycles. The molecule has 2 nitrogen and oxygen atoms in total. The molecule has 0 aromatic heterocycles. The Kier molecular flexibility index (Phi) is 4.71. The normalized spacial score (nSPS) is 35.7. The number of fused-ring (bicyclic) bond motifs is 1. The second kappa shape index (κ2) is 4.51. The van der Waals surface area contributed by atoms with Crippen molar-refractivity contribution in [1.82, 2.24) is 10.2 Å². The number of hydrogen-bond acceptors (Lipinski definition) is 2. The summed E-state index contributed by atoms with van der Waals surface area (Å²) in [5.74, 6) is 1.94. The van der Waals surface area contributed by atoms with Crippen molar-refractivity contribution in [2.75, 3.05) is 33.2 Å². The van der Waals surface area contributed by atoms with E-state index in [1.54, 1.807) is 0 Å². The van der Waals surface area contributed by atoms with Crippen LogP contribution in [0.3, 0.4) is 0 Å². The van der Waals surface area contributed by atoms with Gasteiger partial charge in [0, 0.05) is 13.1 Å². The molecule has 0 aromatic rings. The fourth-order valence-corrected chi connectivity index (χ4v) is 2.09. The third-order valence-electron chi connectivity index (χ3n) is 2.57. The van der Waals surface area contributed by atoms with Gasteiger partial charge in [-0.15, -0.1) is 24.8 Å². The van der Waals surface area contributed by atoms with Crippen molar-refractivity contribution in [1.29, 1.82) is 0 Å². The molecule has 2 fully saturated rings. The first kappa shape index (κ1) is 11.5. The number of hydrogen-bond donors (Lipinski definition) is 1. The third-order valence-corrected chi connectivity index (χ3v) is 2.57. The van der Waals surface area contributed by atoms with E-state index in [2.05, 4.69) is 17.3 Å². The van der Waals surface area contributed by atoms with Crippen molar-refractivity contribution in [2.24, 2.45) is 11.8 Å². The largest absolute Gasteiger partial charge is 0.316 e. The maximum Gasteiger partial charge on any atom is 0.00225 e. The standard InChI is InChI=1S/C7H14N2.2ClH/c1-9-4-6-2-8-3-7(6)5-9;;/h6-8H,2-5H2,1H3;2*1H/t6-,7-;;/m1../s1. The number of nitrogens with zero attached hydrogens (tertiary/aromatic N) is 1.